The van der Waals surface area contributed by atoms with Crippen LogP contribution in [0.2, 0.25) is 0 Å². The molecule has 2 unspecified atom stereocenters. The van der Waals surface area contributed by atoms with E-state index in [0.717, 1.165) is 54.8 Å². The van der Waals surface area contributed by atoms with E-state index in [4.69, 9.17) is 0 Å². The predicted octanol–water partition coefficient (Wildman–Crippen LogP) is 22.5. The number of benzene rings is 5. The topological polar surface area (TPSA) is 0 Å². The normalized spacial score (nSPS) is 19.9. The lowest BCUT2D eigenvalue weighted by atomic mass is 9.74. The van der Waals surface area contributed by atoms with Crippen molar-refractivity contribution in [2.24, 2.45) is 35.5 Å². The molecule has 2 atom stereocenters. The van der Waals surface area contributed by atoms with E-state index in [-0.39, 0.29) is 22.3 Å². The Bertz CT molecular complexity index is 1930. The third-order valence-corrected chi connectivity index (χ3v) is 16.0. The molecule has 8 rings (SSSR count). The van der Waals surface area contributed by atoms with E-state index in [1.807, 2.05) is 0 Å². The van der Waals surface area contributed by atoms with Crippen molar-refractivity contribution in [1.29, 1.82) is 0 Å². The minimum atomic E-state index is 0. The number of aryl methyl sites for hydroxylation is 9. The van der Waals surface area contributed by atoms with Gasteiger partial charge in [0.1, 0.15) is 0 Å². The van der Waals surface area contributed by atoms with E-state index in [0.29, 0.717) is 0 Å². The molecule has 0 bridgehead atoms. The molecule has 3 fully saturated rings. The summed E-state index contributed by atoms with van der Waals surface area (Å²) < 4.78 is 0. The molecule has 0 nitrogen and oxygen atoms in total. The zero-order valence-corrected chi connectivity index (χ0v) is 46.6. The van der Waals surface area contributed by atoms with Crippen molar-refractivity contribution < 1.29 is 0 Å². The highest BCUT2D eigenvalue weighted by Crippen LogP contribution is 2.38. The molecule has 0 aliphatic heterocycles. The average Bonchev–Trinajstić information content (AvgIpc) is 3.36. The van der Waals surface area contributed by atoms with Crippen molar-refractivity contribution in [2.75, 3.05) is 0 Å². The molecule has 3 saturated carbocycles. The quantitative estimate of drug-likeness (QED) is 0.145. The smallest absolute Gasteiger partial charge is 0.00258 e. The summed E-state index contributed by atoms with van der Waals surface area (Å²) in [6, 6.07) is 39.1. The van der Waals surface area contributed by atoms with Crippen LogP contribution in [-0.4, -0.2) is 0 Å². The Morgan fingerprint density at radius 3 is 1.11 bits per heavy atom. The lowest BCUT2D eigenvalue weighted by Gasteiger charge is -2.32. The van der Waals surface area contributed by atoms with Crippen molar-refractivity contribution in [3.8, 4) is 0 Å². The first-order valence-electron chi connectivity index (χ1n) is 27.9. The molecule has 5 aromatic carbocycles. The molecule has 398 valence electrons. The third kappa shape index (κ3) is 27.7. The molecule has 0 amide bonds. The SMILES string of the molecule is C.C.C.CC1CCC(CC2CCC(C)CC2)CC1.CCC1CCCC(CC)C1.CCc1cccc(CC)c1.Cc1ccc(C)c(C)c1.Cc1ccc(Cc2ccc(C)cc2)cc1.Cc1cccc(C)c1C. The zero-order valence-electron chi connectivity index (χ0n) is 46.6. The number of rotatable bonds is 8. The highest BCUT2D eigenvalue weighted by molar-refractivity contribution is 5.32. The van der Waals surface area contributed by atoms with Crippen molar-refractivity contribution in [3.63, 3.8) is 0 Å². The van der Waals surface area contributed by atoms with Crippen molar-refractivity contribution >= 4 is 0 Å². The first-order chi connectivity index (χ1) is 32.6. The van der Waals surface area contributed by atoms with Gasteiger partial charge in [-0.3, -0.25) is 0 Å². The lowest BCUT2D eigenvalue weighted by molar-refractivity contribution is 0.201. The minimum Gasteiger partial charge on any atom is -0.0776 e. The van der Waals surface area contributed by atoms with Gasteiger partial charge in [-0.2, -0.15) is 0 Å². The summed E-state index contributed by atoms with van der Waals surface area (Å²) >= 11 is 0. The molecule has 0 saturated heterocycles. The fraction of sp³-hybridized carbons (Fsp3) is 0.577. The summed E-state index contributed by atoms with van der Waals surface area (Å²) in [5.41, 5.74) is 16.6. The molecule has 0 heterocycles. The van der Waals surface area contributed by atoms with Gasteiger partial charge in [0.25, 0.3) is 0 Å². The molecule has 3 aliphatic rings. The van der Waals surface area contributed by atoms with Gasteiger partial charge < -0.3 is 0 Å². The maximum Gasteiger partial charge on any atom is -0.00258 e. The van der Waals surface area contributed by atoms with Crippen molar-refractivity contribution in [2.45, 2.75) is 235 Å². The average molecular weight is 968 g/mol. The summed E-state index contributed by atoms with van der Waals surface area (Å²) in [5, 5.41) is 0. The van der Waals surface area contributed by atoms with Crippen LogP contribution in [0, 0.1) is 90.9 Å². The fourth-order valence-corrected chi connectivity index (χ4v) is 10.3. The van der Waals surface area contributed by atoms with Crippen LogP contribution in [0.1, 0.15) is 227 Å². The van der Waals surface area contributed by atoms with E-state index in [9.17, 15) is 0 Å². The van der Waals surface area contributed by atoms with Gasteiger partial charge in [-0.15, -0.1) is 0 Å². The van der Waals surface area contributed by atoms with Crippen LogP contribution in [-0.2, 0) is 19.3 Å². The molecule has 0 spiro atoms. The van der Waals surface area contributed by atoms with Crippen LogP contribution in [0.5, 0.6) is 0 Å². The maximum absolute atomic E-state index is 2.43. The molecular weight excluding hydrogens is 853 g/mol. The zero-order chi connectivity index (χ0) is 49.8. The van der Waals surface area contributed by atoms with E-state index in [1.54, 1.807) is 6.42 Å². The molecule has 71 heavy (non-hydrogen) atoms. The van der Waals surface area contributed by atoms with Crippen molar-refractivity contribution in [1.82, 2.24) is 0 Å². The summed E-state index contributed by atoms with van der Waals surface area (Å²) in [6.07, 6.45) is 25.9. The molecule has 0 N–H and O–H groups in total. The van der Waals surface area contributed by atoms with E-state index in [2.05, 4.69) is 206 Å². The van der Waals surface area contributed by atoms with Crippen LogP contribution in [0.15, 0.2) is 109 Å². The second-order valence-electron chi connectivity index (χ2n) is 22.0. The second kappa shape index (κ2) is 37.8. The van der Waals surface area contributed by atoms with Crippen LogP contribution >= 0.6 is 0 Å². The van der Waals surface area contributed by atoms with Crippen molar-refractivity contribution in [3.05, 3.63) is 176 Å². The Labute approximate surface area is 444 Å². The van der Waals surface area contributed by atoms with E-state index >= 15 is 0 Å². The second-order valence-corrected chi connectivity index (χ2v) is 22.0. The van der Waals surface area contributed by atoms with Gasteiger partial charge in [-0.25, -0.2) is 0 Å². The molecule has 3 aliphatic carbocycles. The van der Waals surface area contributed by atoms with Crippen LogP contribution in [0.25, 0.3) is 0 Å². The standard InChI is InChI=1S/C15H28.C15H16.C10H20.C10H14.2C9H12.3CH4/c2*1-12-3-7-14(8-4-12)11-15-9-5-13(2)6-10-15;2*1-3-9-6-5-7-10(4-2)8-9;1-7-4-5-8(2)9(3)6-7;1-7-5-4-6-8(2)9(7)3;;;/h12-15H,3-11H2,1-2H3;3-10H,11H2,1-2H3;9-10H,3-8H2,1-2H3;5-8H,3-4H2,1-2H3;2*4-6H,1-3H3;3*1H4. The first-order valence-corrected chi connectivity index (χ1v) is 27.9. The monoisotopic (exact) mass is 967 g/mol. The van der Waals surface area contributed by atoms with Crippen LogP contribution < -0.4 is 0 Å². The van der Waals surface area contributed by atoms with Gasteiger partial charge in [-0.05, 0) is 173 Å². The van der Waals surface area contributed by atoms with Gasteiger partial charge in [0, 0.05) is 0 Å². The highest BCUT2D eigenvalue weighted by Gasteiger charge is 2.24. The van der Waals surface area contributed by atoms with Gasteiger partial charge in [0.15, 0.2) is 0 Å². The summed E-state index contributed by atoms with van der Waals surface area (Å²) in [5.74, 6) is 6.37. The molecular formula is C71H114. The number of hydrogen-bond acceptors (Lipinski definition) is 0. The molecule has 0 heteroatoms. The van der Waals surface area contributed by atoms with Crippen LogP contribution in [0.4, 0.5) is 0 Å². The molecule has 0 aromatic heterocycles. The summed E-state index contributed by atoms with van der Waals surface area (Å²) in [4.78, 5) is 0. The Morgan fingerprint density at radius 1 is 0.366 bits per heavy atom. The minimum absolute atomic E-state index is 0. The third-order valence-electron chi connectivity index (χ3n) is 16.0. The molecule has 5 aromatic rings. The first kappa shape index (κ1) is 67.1. The largest absolute Gasteiger partial charge is 0.0776 e. The number of hydrogen-bond donors (Lipinski definition) is 0. The Hall–Kier alpha value is -3.90. The maximum atomic E-state index is 2.43. The van der Waals surface area contributed by atoms with Gasteiger partial charge in [-0.1, -0.05) is 273 Å². The van der Waals surface area contributed by atoms with E-state index in [1.165, 1.54) is 157 Å². The van der Waals surface area contributed by atoms with Crippen LogP contribution in [0.3, 0.4) is 0 Å². The summed E-state index contributed by atoms with van der Waals surface area (Å²) in [6.45, 7) is 31.0. The highest BCUT2D eigenvalue weighted by atomic mass is 14.3. The Kier molecular flexibility index (Phi) is 35.7. The van der Waals surface area contributed by atoms with E-state index < -0.39 is 0 Å². The Morgan fingerprint density at radius 2 is 0.761 bits per heavy atom. The predicted molar refractivity (Wildman–Crippen MR) is 325 cm³/mol. The Balaban J connectivity index is 0.000000833. The summed E-state index contributed by atoms with van der Waals surface area (Å²) in [7, 11) is 0. The fourth-order valence-electron chi connectivity index (χ4n) is 10.3. The van der Waals surface area contributed by atoms with Gasteiger partial charge in [0.2, 0.25) is 0 Å². The van der Waals surface area contributed by atoms with Gasteiger partial charge >= 0.3 is 0 Å². The molecule has 0 radical (unpaired) electrons. The van der Waals surface area contributed by atoms with Gasteiger partial charge in [0.05, 0.1) is 0 Å². The lowest BCUT2D eigenvalue weighted by Crippen LogP contribution is -2.19.